The number of rotatable bonds is 5. The van der Waals surface area contributed by atoms with E-state index in [-0.39, 0.29) is 30.5 Å². The van der Waals surface area contributed by atoms with Gasteiger partial charge in [-0.25, -0.2) is 9.29 Å². The van der Waals surface area contributed by atoms with Crippen LogP contribution in [0, 0.1) is 5.82 Å². The average molecular weight is 396 g/mol. The summed E-state index contributed by atoms with van der Waals surface area (Å²) in [6.45, 7) is 0.722. The van der Waals surface area contributed by atoms with Gasteiger partial charge in [0.1, 0.15) is 11.9 Å². The Morgan fingerprint density at radius 1 is 1.10 bits per heavy atom. The lowest BCUT2D eigenvalue weighted by molar-refractivity contribution is -0.122. The largest absolute Gasteiger partial charge is 0.376 e. The van der Waals surface area contributed by atoms with Crippen LogP contribution >= 0.6 is 0 Å². The van der Waals surface area contributed by atoms with Gasteiger partial charge in [0.05, 0.1) is 23.8 Å². The summed E-state index contributed by atoms with van der Waals surface area (Å²) in [7, 11) is 0. The van der Waals surface area contributed by atoms with Crippen LogP contribution in [-0.4, -0.2) is 47.9 Å². The summed E-state index contributed by atoms with van der Waals surface area (Å²) in [5.41, 5.74) is 0.337. The van der Waals surface area contributed by atoms with E-state index in [2.05, 4.69) is 0 Å². The average Bonchev–Trinajstić information content (AvgIpc) is 3.34. The number of carbonyl (C=O) groups excluding carboxylic acids is 3. The van der Waals surface area contributed by atoms with Crippen molar-refractivity contribution in [3.8, 4) is 0 Å². The molecule has 6 nitrogen and oxygen atoms in total. The minimum Gasteiger partial charge on any atom is -0.376 e. The monoisotopic (exact) mass is 396 g/mol. The summed E-state index contributed by atoms with van der Waals surface area (Å²) < 4.78 is 19.9. The van der Waals surface area contributed by atoms with Crippen LogP contribution in [0.15, 0.2) is 54.6 Å². The van der Waals surface area contributed by atoms with E-state index in [1.165, 1.54) is 23.1 Å². The van der Waals surface area contributed by atoms with E-state index in [1.54, 1.807) is 36.4 Å². The van der Waals surface area contributed by atoms with Gasteiger partial charge in [-0.15, -0.1) is 0 Å². The number of hydrogen-bond acceptors (Lipinski definition) is 4. The number of para-hydroxylation sites is 1. The summed E-state index contributed by atoms with van der Waals surface area (Å²) in [6.07, 6.45) is 1.23. The summed E-state index contributed by atoms with van der Waals surface area (Å²) >= 11 is 0. The Kier molecular flexibility index (Phi) is 5.40. The lowest BCUT2D eigenvalue weighted by Crippen LogP contribution is -2.48. The van der Waals surface area contributed by atoms with Crippen LogP contribution in [0.3, 0.4) is 0 Å². The lowest BCUT2D eigenvalue weighted by atomic mass is 10.1. The predicted octanol–water partition coefficient (Wildman–Crippen LogP) is 2.78. The second-order valence-electron chi connectivity index (χ2n) is 7.20. The van der Waals surface area contributed by atoms with Gasteiger partial charge in [0.2, 0.25) is 5.91 Å². The molecule has 0 spiro atoms. The number of ether oxygens (including phenoxy) is 1. The third-order valence-corrected chi connectivity index (χ3v) is 5.30. The SMILES string of the molecule is O=C1CC(N(CC2CCCO2)C(=O)c2ccccc2F)C(=O)N1c1ccccc1. The first-order valence-electron chi connectivity index (χ1n) is 9.65. The second kappa shape index (κ2) is 8.13. The zero-order valence-corrected chi connectivity index (χ0v) is 15.8. The number of anilines is 1. The van der Waals surface area contributed by atoms with Gasteiger partial charge >= 0.3 is 0 Å². The molecule has 0 aliphatic carbocycles. The van der Waals surface area contributed by atoms with Crippen molar-refractivity contribution in [2.45, 2.75) is 31.4 Å². The van der Waals surface area contributed by atoms with E-state index < -0.39 is 23.7 Å². The smallest absolute Gasteiger partial charge is 0.257 e. The molecule has 7 heteroatoms. The van der Waals surface area contributed by atoms with Crippen molar-refractivity contribution >= 4 is 23.4 Å². The summed E-state index contributed by atoms with van der Waals surface area (Å²) in [5.74, 6) is -2.14. The van der Waals surface area contributed by atoms with Crippen LogP contribution in [0.2, 0.25) is 0 Å². The quantitative estimate of drug-likeness (QED) is 0.729. The Labute approximate surface area is 167 Å². The van der Waals surface area contributed by atoms with Crippen LogP contribution in [0.5, 0.6) is 0 Å². The first-order valence-corrected chi connectivity index (χ1v) is 9.65. The minimum atomic E-state index is -0.987. The van der Waals surface area contributed by atoms with Crippen LogP contribution in [0.1, 0.15) is 29.6 Å². The number of carbonyl (C=O) groups is 3. The normalized spacial score (nSPS) is 21.6. The molecule has 2 aromatic carbocycles. The highest BCUT2D eigenvalue weighted by Gasteiger charge is 2.45. The molecule has 0 saturated carbocycles. The first-order chi connectivity index (χ1) is 14.1. The van der Waals surface area contributed by atoms with E-state index in [4.69, 9.17) is 4.74 Å². The van der Waals surface area contributed by atoms with E-state index in [0.717, 1.165) is 17.7 Å². The fraction of sp³-hybridized carbons (Fsp3) is 0.318. The Morgan fingerprint density at radius 2 is 1.83 bits per heavy atom. The Hall–Kier alpha value is -3.06. The van der Waals surface area contributed by atoms with Gasteiger partial charge < -0.3 is 9.64 Å². The zero-order chi connectivity index (χ0) is 20.4. The zero-order valence-electron chi connectivity index (χ0n) is 15.8. The van der Waals surface area contributed by atoms with Crippen molar-refractivity contribution in [1.29, 1.82) is 0 Å². The first kappa shape index (κ1) is 19.3. The Bertz CT molecular complexity index is 927. The third-order valence-electron chi connectivity index (χ3n) is 5.30. The molecule has 2 fully saturated rings. The van der Waals surface area contributed by atoms with Gasteiger partial charge in [0.25, 0.3) is 11.8 Å². The minimum absolute atomic E-state index is 0.121. The fourth-order valence-electron chi connectivity index (χ4n) is 3.86. The molecule has 2 aromatic rings. The molecule has 2 aliphatic heterocycles. The molecule has 2 atom stereocenters. The van der Waals surface area contributed by atoms with E-state index in [1.807, 2.05) is 0 Å². The van der Waals surface area contributed by atoms with E-state index >= 15 is 0 Å². The number of benzene rings is 2. The molecule has 2 heterocycles. The third kappa shape index (κ3) is 3.78. The van der Waals surface area contributed by atoms with Gasteiger partial charge in [-0.2, -0.15) is 0 Å². The lowest BCUT2D eigenvalue weighted by Gasteiger charge is -2.30. The van der Waals surface area contributed by atoms with Gasteiger partial charge in [-0.3, -0.25) is 14.4 Å². The standard InChI is InChI=1S/C22H21FN2O4/c23-18-11-5-4-10-17(18)21(27)24(14-16-9-6-12-29-16)19-13-20(26)25(22(19)28)15-7-2-1-3-8-15/h1-5,7-8,10-11,16,19H,6,9,12-14H2. The molecule has 0 radical (unpaired) electrons. The van der Waals surface area contributed by atoms with Crippen LogP contribution in [0.25, 0.3) is 0 Å². The van der Waals surface area contributed by atoms with E-state index in [0.29, 0.717) is 12.3 Å². The Morgan fingerprint density at radius 3 is 2.52 bits per heavy atom. The number of amides is 3. The van der Waals surface area contributed by atoms with Gasteiger partial charge in [0, 0.05) is 13.2 Å². The molecule has 0 aromatic heterocycles. The van der Waals surface area contributed by atoms with Crippen molar-refractivity contribution in [2.24, 2.45) is 0 Å². The fourth-order valence-corrected chi connectivity index (χ4v) is 3.86. The summed E-state index contributed by atoms with van der Waals surface area (Å²) in [6, 6.07) is 13.3. The highest BCUT2D eigenvalue weighted by atomic mass is 19.1. The molecular formula is C22H21FN2O4. The molecule has 2 aliphatic rings. The van der Waals surface area contributed by atoms with Crippen LogP contribution in [-0.2, 0) is 14.3 Å². The molecule has 2 saturated heterocycles. The summed E-state index contributed by atoms with van der Waals surface area (Å²) in [5, 5.41) is 0. The number of nitrogens with zero attached hydrogens (tertiary/aromatic N) is 2. The van der Waals surface area contributed by atoms with Gasteiger partial charge in [-0.1, -0.05) is 30.3 Å². The van der Waals surface area contributed by atoms with Crippen LogP contribution < -0.4 is 4.90 Å². The topological polar surface area (TPSA) is 66.9 Å². The van der Waals surface area contributed by atoms with Crippen molar-refractivity contribution < 1.29 is 23.5 Å². The van der Waals surface area contributed by atoms with Crippen molar-refractivity contribution in [1.82, 2.24) is 4.90 Å². The summed E-state index contributed by atoms with van der Waals surface area (Å²) in [4.78, 5) is 41.3. The maximum atomic E-state index is 14.3. The van der Waals surface area contributed by atoms with Crippen LogP contribution in [0.4, 0.5) is 10.1 Å². The molecule has 0 N–H and O–H groups in total. The Balaban J connectivity index is 1.65. The molecular weight excluding hydrogens is 375 g/mol. The number of imide groups is 1. The van der Waals surface area contributed by atoms with E-state index in [9.17, 15) is 18.8 Å². The molecule has 0 bridgehead atoms. The van der Waals surface area contributed by atoms with Gasteiger partial charge in [0.15, 0.2) is 0 Å². The highest BCUT2D eigenvalue weighted by Crippen LogP contribution is 2.28. The second-order valence-corrected chi connectivity index (χ2v) is 7.20. The predicted molar refractivity (Wildman–Crippen MR) is 104 cm³/mol. The molecule has 2 unspecified atom stereocenters. The molecule has 29 heavy (non-hydrogen) atoms. The maximum Gasteiger partial charge on any atom is 0.257 e. The van der Waals surface area contributed by atoms with Crippen molar-refractivity contribution in [3.05, 3.63) is 66.0 Å². The number of halogens is 1. The van der Waals surface area contributed by atoms with Crippen molar-refractivity contribution in [2.75, 3.05) is 18.1 Å². The maximum absolute atomic E-state index is 14.3. The molecule has 4 rings (SSSR count). The van der Waals surface area contributed by atoms with Gasteiger partial charge in [-0.05, 0) is 37.1 Å². The molecule has 150 valence electrons. The number of hydrogen-bond donors (Lipinski definition) is 0. The highest BCUT2D eigenvalue weighted by molar-refractivity contribution is 6.23. The molecule has 3 amide bonds. The van der Waals surface area contributed by atoms with Crippen molar-refractivity contribution in [3.63, 3.8) is 0 Å².